The fourth-order valence-electron chi connectivity index (χ4n) is 0.540. The van der Waals surface area contributed by atoms with E-state index in [0.29, 0.717) is 0 Å². The average molecular weight is 280 g/mol. The van der Waals surface area contributed by atoms with Gasteiger partial charge in [-0.25, -0.2) is 4.21 Å². The molecule has 1 unspecified atom stereocenters. The molecule has 13 heavy (non-hydrogen) atoms. The van der Waals surface area contributed by atoms with E-state index in [2.05, 4.69) is 0 Å². The first kappa shape index (κ1) is 16.3. The van der Waals surface area contributed by atoms with Gasteiger partial charge in [0.25, 0.3) is 0 Å². The maximum absolute atomic E-state index is 11.3. The topological polar surface area (TPSA) is 43.4 Å². The third kappa shape index (κ3) is 3.50. The molecule has 0 heterocycles. The Kier molecular flexibility index (Phi) is 7.14. The largest absolute Gasteiger partial charge is 0.541 e. The second-order valence-corrected chi connectivity index (χ2v) is 5.46. The molecule has 75 valence electrons. The summed E-state index contributed by atoms with van der Waals surface area (Å²) in [5, 5.41) is 0. The number of hydrogen-bond donors (Lipinski definition) is 0. The Balaban J connectivity index is 0. The minimum absolute atomic E-state index is 0. The zero-order chi connectivity index (χ0) is 9.99. The molecule has 0 saturated heterocycles. The van der Waals surface area contributed by atoms with Crippen molar-refractivity contribution in [2.75, 3.05) is 7.11 Å². The summed E-state index contributed by atoms with van der Waals surface area (Å²) in [7, 11) is 1.36. The molecule has 0 amide bonds. The number of carbonyl (C=O) groups excluding carboxylic acids is 1. The Morgan fingerprint density at radius 1 is 1.23 bits per heavy atom. The maximum Gasteiger partial charge on any atom is 0.159 e. The van der Waals surface area contributed by atoms with Crippen LogP contribution in [0.15, 0.2) is 0 Å². The fourth-order valence-corrected chi connectivity index (χ4v) is 1.41. The van der Waals surface area contributed by atoms with Crippen LogP contribution in [0.4, 0.5) is 0 Å². The van der Waals surface area contributed by atoms with Crippen LogP contribution >= 0.6 is 0 Å². The Bertz CT molecular complexity index is 202. The summed E-state index contributed by atoms with van der Waals surface area (Å²) < 4.78 is 15.3. The molecular weight excluding hydrogens is 265 g/mol. The summed E-state index contributed by atoms with van der Waals surface area (Å²) >= 11 is -1.47. The molecule has 0 aromatic carbocycles. The van der Waals surface area contributed by atoms with Crippen molar-refractivity contribution in [2.24, 2.45) is 5.41 Å². The second kappa shape index (κ2) is 5.69. The van der Waals surface area contributed by atoms with Gasteiger partial charge in [0.1, 0.15) is 0 Å². The van der Waals surface area contributed by atoms with E-state index in [1.54, 1.807) is 27.7 Å². The van der Waals surface area contributed by atoms with E-state index in [1.807, 2.05) is 6.29 Å². The Morgan fingerprint density at radius 2 is 1.62 bits per heavy atom. The van der Waals surface area contributed by atoms with E-state index in [-0.39, 0.29) is 32.7 Å². The van der Waals surface area contributed by atoms with Crippen molar-refractivity contribution < 1.29 is 45.9 Å². The Hall–Kier alpha value is 0.884. The van der Waals surface area contributed by atoms with Gasteiger partial charge in [-0.1, -0.05) is 13.8 Å². The third-order valence-corrected chi connectivity index (χ3v) is 3.97. The van der Waals surface area contributed by atoms with Crippen LogP contribution in [0.1, 0.15) is 27.7 Å². The van der Waals surface area contributed by atoms with Crippen molar-refractivity contribution in [3.63, 3.8) is 0 Å². The van der Waals surface area contributed by atoms with Crippen molar-refractivity contribution >= 4 is 17.4 Å². The van der Waals surface area contributed by atoms with Crippen LogP contribution in [0.3, 0.4) is 0 Å². The van der Waals surface area contributed by atoms with Crippen molar-refractivity contribution in [2.45, 2.75) is 32.4 Å². The molecule has 0 aromatic heterocycles. The number of hydrogen-bond acceptors (Lipinski definition) is 3. The van der Waals surface area contributed by atoms with Gasteiger partial charge in [-0.2, -0.15) is 0 Å². The van der Waals surface area contributed by atoms with Crippen LogP contribution in [-0.2, 0) is 52.8 Å². The molecule has 0 aliphatic heterocycles. The van der Waals surface area contributed by atoms with Gasteiger partial charge in [0.2, 0.25) is 0 Å². The van der Waals surface area contributed by atoms with E-state index in [0.717, 1.165) is 0 Å². The monoisotopic (exact) mass is 280 g/mol. The van der Waals surface area contributed by atoms with E-state index in [4.69, 9.17) is 4.18 Å². The minimum Gasteiger partial charge on any atom is -0.541 e. The summed E-state index contributed by atoms with van der Waals surface area (Å²) in [4.78, 5) is 10.6. The van der Waals surface area contributed by atoms with Gasteiger partial charge in [-0.3, -0.25) is 10.5 Å². The van der Waals surface area contributed by atoms with Crippen molar-refractivity contribution in [3.05, 3.63) is 0 Å². The predicted molar refractivity (Wildman–Crippen MR) is 48.7 cm³/mol. The van der Waals surface area contributed by atoms with Crippen LogP contribution in [0.2, 0.25) is 0 Å². The summed E-state index contributed by atoms with van der Waals surface area (Å²) in [6, 6.07) is 0. The van der Waals surface area contributed by atoms with E-state index in [9.17, 15) is 9.00 Å². The van der Waals surface area contributed by atoms with E-state index < -0.39 is 21.2 Å². The molecule has 5 heteroatoms. The van der Waals surface area contributed by atoms with Crippen LogP contribution in [0.25, 0.3) is 0 Å². The molecule has 0 aromatic rings. The third-order valence-electron chi connectivity index (χ3n) is 2.33. The summed E-state index contributed by atoms with van der Waals surface area (Å²) in [5.74, 6) is 0. The van der Waals surface area contributed by atoms with Gasteiger partial charge in [0.15, 0.2) is 11.1 Å². The SMILES string of the molecule is COS(=O)C(C)(C)C(C)(C)[C-]=O.[Y]. The van der Waals surface area contributed by atoms with Gasteiger partial charge in [0.05, 0.1) is 7.11 Å². The molecule has 0 rings (SSSR count). The van der Waals surface area contributed by atoms with Gasteiger partial charge < -0.3 is 4.79 Å². The first-order valence-electron chi connectivity index (χ1n) is 3.65. The molecule has 0 N–H and O–H groups in total. The zero-order valence-electron chi connectivity index (χ0n) is 8.71. The quantitative estimate of drug-likeness (QED) is 0.727. The fraction of sp³-hybridized carbons (Fsp3) is 0.875. The predicted octanol–water partition coefficient (Wildman–Crippen LogP) is 1.21. The average Bonchev–Trinajstić information content (AvgIpc) is 2.02. The molecule has 3 nitrogen and oxygen atoms in total. The smallest absolute Gasteiger partial charge is 0.159 e. The van der Waals surface area contributed by atoms with Crippen molar-refractivity contribution in [1.29, 1.82) is 0 Å². The van der Waals surface area contributed by atoms with Crippen LogP contribution in [-0.4, -0.2) is 22.4 Å². The molecule has 0 spiro atoms. The molecule has 0 fully saturated rings. The Labute approximate surface area is 108 Å². The first-order chi connectivity index (χ1) is 5.29. The normalized spacial score (nSPS) is 14.5. The molecule has 0 bridgehead atoms. The van der Waals surface area contributed by atoms with Gasteiger partial charge >= 0.3 is 0 Å². The second-order valence-electron chi connectivity index (χ2n) is 3.64. The Morgan fingerprint density at radius 3 is 1.85 bits per heavy atom. The summed E-state index contributed by atoms with van der Waals surface area (Å²) in [5.41, 5.74) is -0.770. The van der Waals surface area contributed by atoms with Gasteiger partial charge in [0, 0.05) is 37.5 Å². The molecule has 1 radical (unpaired) electrons. The molecule has 1 atom stereocenters. The maximum atomic E-state index is 11.3. The standard InChI is InChI=1S/C8H15O3S.Y/c1-7(2,6-9)8(3,4)12(10)11-5;/h1-5H3;/q-1;. The first-order valence-corrected chi connectivity index (χ1v) is 4.72. The van der Waals surface area contributed by atoms with Crippen molar-refractivity contribution in [1.82, 2.24) is 0 Å². The molecular formula is C8H15O3SY-. The summed E-state index contributed by atoms with van der Waals surface area (Å²) in [6.07, 6.45) is 1.87. The van der Waals surface area contributed by atoms with Crippen LogP contribution in [0.5, 0.6) is 0 Å². The molecule has 0 aliphatic carbocycles. The van der Waals surface area contributed by atoms with Crippen LogP contribution in [0, 0.1) is 5.41 Å². The van der Waals surface area contributed by atoms with Crippen molar-refractivity contribution in [3.8, 4) is 0 Å². The molecule has 0 aliphatic rings. The zero-order valence-corrected chi connectivity index (χ0v) is 12.4. The summed E-state index contributed by atoms with van der Waals surface area (Å²) in [6.45, 7) is 6.82. The van der Waals surface area contributed by atoms with Gasteiger partial charge in [-0.15, -0.1) is 5.41 Å². The number of rotatable bonds is 4. The minimum atomic E-state index is -1.47. The van der Waals surface area contributed by atoms with E-state index in [1.165, 1.54) is 7.11 Å². The van der Waals surface area contributed by atoms with Crippen LogP contribution < -0.4 is 0 Å². The van der Waals surface area contributed by atoms with Gasteiger partial charge in [-0.05, 0) is 13.8 Å². The molecule has 0 saturated carbocycles. The van der Waals surface area contributed by atoms with E-state index >= 15 is 0 Å².